The van der Waals surface area contributed by atoms with Gasteiger partial charge in [-0.2, -0.15) is 0 Å². The third kappa shape index (κ3) is 3.80. The molecule has 0 aliphatic carbocycles. The maximum Gasteiger partial charge on any atom is 0.251 e. The van der Waals surface area contributed by atoms with Crippen LogP contribution >= 0.6 is 0 Å². The second-order valence-corrected chi connectivity index (χ2v) is 3.97. The lowest BCUT2D eigenvalue weighted by molar-refractivity contribution is -0.146. The summed E-state index contributed by atoms with van der Waals surface area (Å²) in [6.07, 6.45) is 3.80. The number of rotatable bonds is 5. The molecule has 1 amide bonds. The van der Waals surface area contributed by atoms with Crippen molar-refractivity contribution in [1.82, 2.24) is 4.90 Å². The Labute approximate surface area is 91.8 Å². The minimum Gasteiger partial charge on any atom is -0.368 e. The van der Waals surface area contributed by atoms with Gasteiger partial charge in [-0.1, -0.05) is 6.92 Å². The molecular formula is C11H22N2O2. The lowest BCUT2D eigenvalue weighted by Crippen LogP contribution is -2.44. The Kier molecular flexibility index (Phi) is 5.65. The van der Waals surface area contributed by atoms with Crippen molar-refractivity contribution in [3.8, 4) is 0 Å². The molecule has 4 nitrogen and oxygen atoms in total. The first-order valence-electron chi connectivity index (χ1n) is 5.90. The highest BCUT2D eigenvalue weighted by Crippen LogP contribution is 2.15. The molecule has 0 aromatic heterocycles. The highest BCUT2D eigenvalue weighted by Gasteiger charge is 2.25. The molecule has 0 bridgehead atoms. The van der Waals surface area contributed by atoms with Crippen molar-refractivity contribution in [3.05, 3.63) is 0 Å². The van der Waals surface area contributed by atoms with Crippen molar-refractivity contribution in [1.29, 1.82) is 0 Å². The van der Waals surface area contributed by atoms with Crippen molar-refractivity contribution >= 4 is 5.91 Å². The van der Waals surface area contributed by atoms with Crippen molar-refractivity contribution in [2.75, 3.05) is 26.2 Å². The predicted molar refractivity (Wildman–Crippen MR) is 59.5 cm³/mol. The van der Waals surface area contributed by atoms with E-state index in [1.54, 1.807) is 0 Å². The van der Waals surface area contributed by atoms with Crippen LogP contribution in [0.3, 0.4) is 0 Å². The highest BCUT2D eigenvalue weighted by molar-refractivity contribution is 5.81. The third-order valence-electron chi connectivity index (χ3n) is 2.66. The van der Waals surface area contributed by atoms with Crippen LogP contribution in [0.25, 0.3) is 0 Å². The van der Waals surface area contributed by atoms with Gasteiger partial charge in [0, 0.05) is 26.2 Å². The fraction of sp³-hybridized carbons (Fsp3) is 0.909. The topological polar surface area (TPSA) is 55.6 Å². The van der Waals surface area contributed by atoms with Gasteiger partial charge in [-0.05, 0) is 25.7 Å². The molecule has 1 saturated heterocycles. The summed E-state index contributed by atoms with van der Waals surface area (Å²) in [4.78, 5) is 13.9. The van der Waals surface area contributed by atoms with Gasteiger partial charge >= 0.3 is 0 Å². The Bertz CT molecular complexity index is 185. The quantitative estimate of drug-likeness (QED) is 0.735. The summed E-state index contributed by atoms with van der Waals surface area (Å²) in [6, 6.07) is 0. The summed E-state index contributed by atoms with van der Waals surface area (Å²) in [7, 11) is 0. The standard InChI is InChI=1S/C11H22N2O2/c1-2-7-13(8-6-12)11(14)10-5-3-4-9-15-10/h10H,2-9,12H2,1H3. The van der Waals surface area contributed by atoms with Crippen LogP contribution in [-0.2, 0) is 9.53 Å². The molecule has 1 atom stereocenters. The minimum absolute atomic E-state index is 0.127. The SMILES string of the molecule is CCCN(CCN)C(=O)C1CCCCO1. The van der Waals surface area contributed by atoms with Crippen molar-refractivity contribution in [2.24, 2.45) is 5.73 Å². The molecule has 1 unspecified atom stereocenters. The second-order valence-electron chi connectivity index (χ2n) is 3.97. The van der Waals surface area contributed by atoms with Crippen LogP contribution in [0, 0.1) is 0 Å². The van der Waals surface area contributed by atoms with Gasteiger partial charge in [0.25, 0.3) is 5.91 Å². The lowest BCUT2D eigenvalue weighted by atomic mass is 10.1. The van der Waals surface area contributed by atoms with Crippen LogP contribution in [0.15, 0.2) is 0 Å². The average molecular weight is 214 g/mol. The third-order valence-corrected chi connectivity index (χ3v) is 2.66. The lowest BCUT2D eigenvalue weighted by Gasteiger charge is -2.28. The number of carbonyl (C=O) groups is 1. The first-order chi connectivity index (χ1) is 7.29. The van der Waals surface area contributed by atoms with Gasteiger partial charge < -0.3 is 15.4 Å². The van der Waals surface area contributed by atoms with Crippen LogP contribution in [-0.4, -0.2) is 43.2 Å². The molecule has 15 heavy (non-hydrogen) atoms. The van der Waals surface area contributed by atoms with E-state index in [9.17, 15) is 4.79 Å². The molecule has 0 radical (unpaired) electrons. The van der Waals surface area contributed by atoms with Gasteiger partial charge in [0.15, 0.2) is 0 Å². The summed E-state index contributed by atoms with van der Waals surface area (Å²) in [5.74, 6) is 0.127. The van der Waals surface area contributed by atoms with Gasteiger partial charge in [0.1, 0.15) is 6.10 Å². The maximum absolute atomic E-state index is 12.0. The van der Waals surface area contributed by atoms with E-state index in [2.05, 4.69) is 6.92 Å². The Morgan fingerprint density at radius 1 is 1.47 bits per heavy atom. The molecule has 1 aliphatic heterocycles. The summed E-state index contributed by atoms with van der Waals surface area (Å²) < 4.78 is 5.48. The summed E-state index contributed by atoms with van der Waals surface area (Å²) >= 11 is 0. The second kappa shape index (κ2) is 6.80. The Balaban J connectivity index is 2.45. The van der Waals surface area contributed by atoms with E-state index >= 15 is 0 Å². The van der Waals surface area contributed by atoms with Crippen molar-refractivity contribution in [3.63, 3.8) is 0 Å². The van der Waals surface area contributed by atoms with Gasteiger partial charge in [0.05, 0.1) is 0 Å². The number of nitrogens with zero attached hydrogens (tertiary/aromatic N) is 1. The minimum atomic E-state index is -0.211. The maximum atomic E-state index is 12.0. The number of ether oxygens (including phenoxy) is 1. The van der Waals surface area contributed by atoms with E-state index in [-0.39, 0.29) is 12.0 Å². The molecule has 2 N–H and O–H groups in total. The molecule has 1 aliphatic rings. The summed E-state index contributed by atoms with van der Waals surface area (Å²) in [5, 5.41) is 0. The van der Waals surface area contributed by atoms with E-state index in [1.165, 1.54) is 0 Å². The summed E-state index contributed by atoms with van der Waals surface area (Å²) in [6.45, 7) is 4.75. The first kappa shape index (κ1) is 12.5. The smallest absolute Gasteiger partial charge is 0.251 e. The number of hydrogen-bond acceptors (Lipinski definition) is 3. The van der Waals surface area contributed by atoms with Gasteiger partial charge in [0.2, 0.25) is 0 Å². The number of nitrogens with two attached hydrogens (primary N) is 1. The zero-order valence-corrected chi connectivity index (χ0v) is 9.58. The Morgan fingerprint density at radius 2 is 2.27 bits per heavy atom. The zero-order chi connectivity index (χ0) is 11.1. The van der Waals surface area contributed by atoms with Gasteiger partial charge in [-0.3, -0.25) is 4.79 Å². The normalized spacial score (nSPS) is 21.3. The molecule has 88 valence electrons. The largest absolute Gasteiger partial charge is 0.368 e. The van der Waals surface area contributed by atoms with Crippen LogP contribution in [0.2, 0.25) is 0 Å². The molecule has 1 heterocycles. The van der Waals surface area contributed by atoms with Crippen LogP contribution in [0.4, 0.5) is 0 Å². The van der Waals surface area contributed by atoms with Gasteiger partial charge in [-0.25, -0.2) is 0 Å². The Morgan fingerprint density at radius 3 is 2.80 bits per heavy atom. The molecule has 0 saturated carbocycles. The monoisotopic (exact) mass is 214 g/mol. The fourth-order valence-electron chi connectivity index (χ4n) is 1.90. The number of amides is 1. The molecule has 1 rings (SSSR count). The molecule has 0 spiro atoms. The molecule has 1 fully saturated rings. The Hall–Kier alpha value is -0.610. The summed E-state index contributed by atoms with van der Waals surface area (Å²) in [5.41, 5.74) is 5.49. The predicted octanol–water partition coefficient (Wildman–Crippen LogP) is 0.753. The molecule has 0 aromatic carbocycles. The van der Waals surface area contributed by atoms with Gasteiger partial charge in [-0.15, -0.1) is 0 Å². The van der Waals surface area contributed by atoms with E-state index in [1.807, 2.05) is 4.90 Å². The van der Waals surface area contributed by atoms with Crippen LogP contribution in [0.5, 0.6) is 0 Å². The molecule has 0 aromatic rings. The zero-order valence-electron chi connectivity index (χ0n) is 9.58. The number of carbonyl (C=O) groups excluding carboxylic acids is 1. The van der Waals surface area contributed by atoms with Crippen molar-refractivity contribution in [2.45, 2.75) is 38.7 Å². The van der Waals surface area contributed by atoms with E-state index in [4.69, 9.17) is 10.5 Å². The molecule has 4 heteroatoms. The van der Waals surface area contributed by atoms with Crippen molar-refractivity contribution < 1.29 is 9.53 Å². The first-order valence-corrected chi connectivity index (χ1v) is 5.90. The number of hydrogen-bond donors (Lipinski definition) is 1. The average Bonchev–Trinajstić information content (AvgIpc) is 2.29. The van der Waals surface area contributed by atoms with E-state index in [0.717, 1.165) is 38.8 Å². The highest BCUT2D eigenvalue weighted by atomic mass is 16.5. The van der Waals surface area contributed by atoms with E-state index < -0.39 is 0 Å². The molecular weight excluding hydrogens is 192 g/mol. The van der Waals surface area contributed by atoms with Crippen LogP contribution < -0.4 is 5.73 Å². The fourth-order valence-corrected chi connectivity index (χ4v) is 1.90. The van der Waals surface area contributed by atoms with E-state index in [0.29, 0.717) is 13.1 Å². The van der Waals surface area contributed by atoms with Crippen LogP contribution in [0.1, 0.15) is 32.6 Å².